The lowest BCUT2D eigenvalue weighted by Crippen LogP contribution is -2.29. The fourth-order valence-corrected chi connectivity index (χ4v) is 1.00. The van der Waals surface area contributed by atoms with E-state index in [0.29, 0.717) is 17.7 Å². The fourth-order valence-electron chi connectivity index (χ4n) is 1.00. The Morgan fingerprint density at radius 3 is 3.00 bits per heavy atom. The number of aldehydes is 1. The van der Waals surface area contributed by atoms with Gasteiger partial charge in [0.2, 0.25) is 0 Å². The van der Waals surface area contributed by atoms with E-state index < -0.39 is 0 Å². The molecule has 0 aromatic heterocycles. The summed E-state index contributed by atoms with van der Waals surface area (Å²) in [6, 6.07) is 6.90. The first-order valence-electron chi connectivity index (χ1n) is 4.21. The van der Waals surface area contributed by atoms with E-state index >= 15 is 0 Å². The molecule has 0 aliphatic carbocycles. The molecule has 1 rings (SSSR count). The highest BCUT2D eigenvalue weighted by Gasteiger charge is 2.00. The van der Waals surface area contributed by atoms with Crippen molar-refractivity contribution in [3.8, 4) is 5.75 Å². The van der Waals surface area contributed by atoms with Gasteiger partial charge in [0.1, 0.15) is 18.7 Å². The van der Waals surface area contributed by atoms with Crippen molar-refractivity contribution in [1.29, 1.82) is 0 Å². The van der Waals surface area contributed by atoms with Gasteiger partial charge in [-0.05, 0) is 12.1 Å². The SMILES string of the molecule is N/N=C\N(N)c1cccc(OCC=O)c1. The van der Waals surface area contributed by atoms with Crippen LogP contribution in [0, 0.1) is 0 Å². The Labute approximate surface area is 87.1 Å². The Balaban J connectivity index is 2.77. The second-order valence-electron chi connectivity index (χ2n) is 2.65. The maximum Gasteiger partial charge on any atom is 0.157 e. The molecule has 0 atom stereocenters. The van der Waals surface area contributed by atoms with Crippen LogP contribution in [0.2, 0.25) is 0 Å². The van der Waals surface area contributed by atoms with E-state index in [2.05, 4.69) is 5.10 Å². The van der Waals surface area contributed by atoms with Gasteiger partial charge in [0.05, 0.1) is 5.69 Å². The highest BCUT2D eigenvalue weighted by molar-refractivity contribution is 5.77. The van der Waals surface area contributed by atoms with Gasteiger partial charge in [-0.3, -0.25) is 9.80 Å². The Morgan fingerprint density at radius 2 is 2.33 bits per heavy atom. The van der Waals surface area contributed by atoms with Crippen LogP contribution in [0.15, 0.2) is 29.4 Å². The largest absolute Gasteiger partial charge is 0.486 e. The van der Waals surface area contributed by atoms with Crippen LogP contribution in [0.4, 0.5) is 5.69 Å². The Hall–Kier alpha value is -2.08. The standard InChI is InChI=1S/C9H12N4O2/c10-12-7-13(11)8-2-1-3-9(6-8)15-5-4-14/h1-4,6-7H,5,10-11H2/b12-7-. The van der Waals surface area contributed by atoms with Crippen molar-refractivity contribution in [2.24, 2.45) is 16.8 Å². The number of hydrogen-bond donors (Lipinski definition) is 2. The van der Waals surface area contributed by atoms with Crippen molar-refractivity contribution in [3.63, 3.8) is 0 Å². The molecule has 0 radical (unpaired) electrons. The Bertz CT molecular complexity index is 354. The van der Waals surface area contributed by atoms with Crippen molar-refractivity contribution < 1.29 is 9.53 Å². The number of nitrogens with zero attached hydrogens (tertiary/aromatic N) is 2. The van der Waals surface area contributed by atoms with Gasteiger partial charge in [0.15, 0.2) is 6.29 Å². The molecule has 0 bridgehead atoms. The van der Waals surface area contributed by atoms with Gasteiger partial charge in [-0.1, -0.05) is 6.07 Å². The molecule has 0 saturated heterocycles. The average molecular weight is 208 g/mol. The van der Waals surface area contributed by atoms with Gasteiger partial charge >= 0.3 is 0 Å². The van der Waals surface area contributed by atoms with Crippen molar-refractivity contribution >= 4 is 18.3 Å². The zero-order chi connectivity index (χ0) is 11.1. The van der Waals surface area contributed by atoms with Gasteiger partial charge in [-0.15, -0.1) is 0 Å². The van der Waals surface area contributed by atoms with Gasteiger partial charge in [-0.2, -0.15) is 5.10 Å². The summed E-state index contributed by atoms with van der Waals surface area (Å²) in [6.45, 7) is 0.0129. The first-order valence-corrected chi connectivity index (χ1v) is 4.21. The van der Waals surface area contributed by atoms with E-state index in [4.69, 9.17) is 16.4 Å². The van der Waals surface area contributed by atoms with Crippen LogP contribution in [0.5, 0.6) is 5.75 Å². The minimum Gasteiger partial charge on any atom is -0.486 e. The first kappa shape index (κ1) is 11.0. The third-order valence-corrected chi connectivity index (χ3v) is 1.62. The molecule has 0 unspecified atom stereocenters. The van der Waals surface area contributed by atoms with Crippen LogP contribution in [0.3, 0.4) is 0 Å². The van der Waals surface area contributed by atoms with Crippen LogP contribution >= 0.6 is 0 Å². The van der Waals surface area contributed by atoms with Crippen LogP contribution in [0.25, 0.3) is 0 Å². The summed E-state index contributed by atoms with van der Waals surface area (Å²) >= 11 is 0. The zero-order valence-electron chi connectivity index (χ0n) is 8.04. The van der Waals surface area contributed by atoms with Crippen molar-refractivity contribution in [2.75, 3.05) is 11.6 Å². The van der Waals surface area contributed by atoms with Gasteiger partial charge in [0, 0.05) is 6.07 Å². The van der Waals surface area contributed by atoms with E-state index in [9.17, 15) is 4.79 Å². The Morgan fingerprint density at radius 1 is 1.53 bits per heavy atom. The van der Waals surface area contributed by atoms with Crippen molar-refractivity contribution in [3.05, 3.63) is 24.3 Å². The highest BCUT2D eigenvalue weighted by atomic mass is 16.5. The summed E-state index contributed by atoms with van der Waals surface area (Å²) in [4.78, 5) is 10.1. The fraction of sp³-hybridized carbons (Fsp3) is 0.111. The average Bonchev–Trinajstić information content (AvgIpc) is 2.27. The molecule has 0 aliphatic rings. The number of hydrazine groups is 1. The molecule has 4 N–H and O–H groups in total. The van der Waals surface area contributed by atoms with Crippen molar-refractivity contribution in [2.45, 2.75) is 0 Å². The minimum absolute atomic E-state index is 0.0129. The number of hydrogen-bond acceptors (Lipinski definition) is 5. The van der Waals surface area contributed by atoms with Crippen LogP contribution in [-0.2, 0) is 4.79 Å². The molecule has 1 aromatic carbocycles. The summed E-state index contributed by atoms with van der Waals surface area (Å²) in [5.41, 5.74) is 0.660. The topological polar surface area (TPSA) is 93.9 Å². The number of carbonyl (C=O) groups is 1. The van der Waals surface area contributed by atoms with Crippen LogP contribution < -0.4 is 21.4 Å². The summed E-state index contributed by atoms with van der Waals surface area (Å²) in [7, 11) is 0. The summed E-state index contributed by atoms with van der Waals surface area (Å²) in [5.74, 6) is 11.1. The van der Waals surface area contributed by atoms with E-state index in [1.54, 1.807) is 24.3 Å². The molecule has 0 spiro atoms. The number of benzene rings is 1. The smallest absolute Gasteiger partial charge is 0.157 e. The second kappa shape index (κ2) is 5.61. The molecular weight excluding hydrogens is 196 g/mol. The first-order chi connectivity index (χ1) is 7.27. The van der Waals surface area contributed by atoms with E-state index in [1.807, 2.05) is 0 Å². The lowest BCUT2D eigenvalue weighted by Gasteiger charge is -2.12. The van der Waals surface area contributed by atoms with Gasteiger partial charge in [-0.25, -0.2) is 5.84 Å². The predicted octanol–water partition coefficient (Wildman–Crippen LogP) is -0.154. The summed E-state index contributed by atoms with van der Waals surface area (Å²) in [5, 5.41) is 4.53. The normalized spacial score (nSPS) is 10.2. The molecule has 80 valence electrons. The van der Waals surface area contributed by atoms with E-state index in [1.165, 1.54) is 11.3 Å². The van der Waals surface area contributed by atoms with Gasteiger partial charge < -0.3 is 10.6 Å². The highest BCUT2D eigenvalue weighted by Crippen LogP contribution is 2.18. The minimum atomic E-state index is 0.0129. The molecule has 0 aliphatic heterocycles. The zero-order valence-corrected chi connectivity index (χ0v) is 8.04. The van der Waals surface area contributed by atoms with Crippen LogP contribution in [0.1, 0.15) is 0 Å². The maximum atomic E-state index is 10.1. The Kier molecular flexibility index (Phi) is 4.11. The monoisotopic (exact) mass is 208 g/mol. The second-order valence-corrected chi connectivity index (χ2v) is 2.65. The number of rotatable bonds is 5. The molecular formula is C9H12N4O2. The summed E-state index contributed by atoms with van der Waals surface area (Å²) < 4.78 is 5.10. The quantitative estimate of drug-likeness (QED) is 0.231. The van der Waals surface area contributed by atoms with Gasteiger partial charge in [0.25, 0.3) is 0 Å². The lowest BCUT2D eigenvalue weighted by atomic mass is 10.3. The third kappa shape index (κ3) is 3.28. The van der Waals surface area contributed by atoms with E-state index in [0.717, 1.165) is 0 Å². The summed E-state index contributed by atoms with van der Waals surface area (Å²) in [6.07, 6.45) is 1.94. The maximum absolute atomic E-state index is 10.1. The molecule has 0 amide bonds. The predicted molar refractivity (Wildman–Crippen MR) is 57.3 cm³/mol. The third-order valence-electron chi connectivity index (χ3n) is 1.62. The van der Waals surface area contributed by atoms with Crippen molar-refractivity contribution in [1.82, 2.24) is 0 Å². The number of ether oxygens (including phenoxy) is 1. The number of hydrazone groups is 1. The van der Waals surface area contributed by atoms with E-state index in [-0.39, 0.29) is 6.61 Å². The molecule has 6 nitrogen and oxygen atoms in total. The number of carbonyl (C=O) groups excluding carboxylic acids is 1. The molecule has 6 heteroatoms. The number of nitrogens with two attached hydrogens (primary N) is 2. The molecule has 0 fully saturated rings. The molecule has 0 heterocycles. The molecule has 15 heavy (non-hydrogen) atoms. The lowest BCUT2D eigenvalue weighted by molar-refractivity contribution is -0.109. The number of anilines is 1. The molecule has 0 saturated carbocycles. The molecule has 1 aromatic rings. The van der Waals surface area contributed by atoms with Crippen LogP contribution in [-0.4, -0.2) is 19.2 Å².